The van der Waals surface area contributed by atoms with Gasteiger partial charge in [-0.2, -0.15) is 0 Å². The van der Waals surface area contributed by atoms with Crippen LogP contribution in [0.2, 0.25) is 0 Å². The van der Waals surface area contributed by atoms with E-state index in [0.29, 0.717) is 5.56 Å². The number of aliphatic hydroxyl groups excluding tert-OH is 1. The average Bonchev–Trinajstić information content (AvgIpc) is 2.19. The van der Waals surface area contributed by atoms with Gasteiger partial charge in [0.2, 0.25) is 0 Å². The molecule has 0 saturated heterocycles. The van der Waals surface area contributed by atoms with Gasteiger partial charge in [0.15, 0.2) is 6.10 Å². The summed E-state index contributed by atoms with van der Waals surface area (Å²) >= 11 is 0. The van der Waals surface area contributed by atoms with E-state index >= 15 is 0 Å². The summed E-state index contributed by atoms with van der Waals surface area (Å²) in [7, 11) is 0. The van der Waals surface area contributed by atoms with Crippen LogP contribution in [0.25, 0.3) is 0 Å². The third-order valence-corrected chi connectivity index (χ3v) is 1.35. The number of carbonyl (C=O) groups is 1. The lowest BCUT2D eigenvalue weighted by Gasteiger charge is -2.03. The summed E-state index contributed by atoms with van der Waals surface area (Å²) in [6.07, 6.45) is -1.41. The Morgan fingerprint density at radius 3 is 2.21 bits per heavy atom. The number of rotatable bonds is 2. The number of aliphatic hydroxyl groups is 1. The van der Waals surface area contributed by atoms with E-state index in [1.807, 2.05) is 6.92 Å². The SMILES string of the molecule is CCN.O=C(O)[C@@H](O)c1ccccc1. The van der Waals surface area contributed by atoms with E-state index in [0.717, 1.165) is 6.54 Å². The lowest BCUT2D eigenvalue weighted by Crippen LogP contribution is -2.09. The smallest absolute Gasteiger partial charge is 0.337 e. The minimum Gasteiger partial charge on any atom is -0.479 e. The van der Waals surface area contributed by atoms with Crippen LogP contribution in [-0.2, 0) is 4.79 Å². The fourth-order valence-corrected chi connectivity index (χ4v) is 0.778. The Labute approximate surface area is 83.0 Å². The van der Waals surface area contributed by atoms with Crippen molar-refractivity contribution in [2.24, 2.45) is 5.73 Å². The molecule has 1 rings (SSSR count). The van der Waals surface area contributed by atoms with Crippen molar-refractivity contribution < 1.29 is 15.0 Å². The number of benzene rings is 1. The molecule has 0 spiro atoms. The Morgan fingerprint density at radius 2 is 1.86 bits per heavy atom. The first kappa shape index (κ1) is 12.6. The molecule has 4 N–H and O–H groups in total. The van der Waals surface area contributed by atoms with Crippen LogP contribution in [0.1, 0.15) is 18.6 Å². The standard InChI is InChI=1S/C8H8O3.C2H7N/c9-7(8(10)11)6-4-2-1-3-5-6;1-2-3/h1-5,7,9H,(H,10,11);2-3H2,1H3/t7-;/m0./s1. The molecule has 0 aliphatic heterocycles. The van der Waals surface area contributed by atoms with Crippen LogP contribution in [0.4, 0.5) is 0 Å². The highest BCUT2D eigenvalue weighted by Crippen LogP contribution is 2.10. The zero-order chi connectivity index (χ0) is 11.0. The molecule has 1 aromatic rings. The maximum absolute atomic E-state index is 10.2. The fourth-order valence-electron chi connectivity index (χ4n) is 0.778. The number of carboxylic acid groups (broad SMARTS) is 1. The largest absolute Gasteiger partial charge is 0.479 e. The second kappa shape index (κ2) is 7.06. The molecule has 0 heterocycles. The van der Waals surface area contributed by atoms with Crippen molar-refractivity contribution in [1.29, 1.82) is 0 Å². The molecule has 0 aliphatic carbocycles. The molecule has 0 radical (unpaired) electrons. The Balaban J connectivity index is 0.000000500. The van der Waals surface area contributed by atoms with Gasteiger partial charge in [-0.15, -0.1) is 0 Å². The number of carboxylic acids is 1. The Morgan fingerprint density at radius 1 is 1.43 bits per heavy atom. The average molecular weight is 197 g/mol. The van der Waals surface area contributed by atoms with E-state index in [9.17, 15) is 4.79 Å². The molecule has 4 heteroatoms. The van der Waals surface area contributed by atoms with E-state index < -0.39 is 12.1 Å². The van der Waals surface area contributed by atoms with Crippen molar-refractivity contribution in [3.05, 3.63) is 35.9 Å². The number of hydrogen-bond acceptors (Lipinski definition) is 3. The van der Waals surface area contributed by atoms with E-state index in [4.69, 9.17) is 15.9 Å². The predicted octanol–water partition coefficient (Wildman–Crippen LogP) is 0.770. The van der Waals surface area contributed by atoms with Crippen molar-refractivity contribution in [2.45, 2.75) is 13.0 Å². The molecule has 0 amide bonds. The van der Waals surface area contributed by atoms with Crippen molar-refractivity contribution in [2.75, 3.05) is 6.54 Å². The summed E-state index contributed by atoms with van der Waals surface area (Å²) in [6, 6.07) is 8.26. The maximum atomic E-state index is 10.2. The first-order valence-electron chi connectivity index (χ1n) is 4.29. The molecule has 1 atom stereocenters. The van der Waals surface area contributed by atoms with Crippen LogP contribution >= 0.6 is 0 Å². The normalized spacial score (nSPS) is 11.1. The second-order valence-corrected chi connectivity index (χ2v) is 2.56. The summed E-state index contributed by atoms with van der Waals surface area (Å²) < 4.78 is 0. The van der Waals surface area contributed by atoms with Gasteiger partial charge >= 0.3 is 5.97 Å². The first-order chi connectivity index (χ1) is 6.63. The van der Waals surface area contributed by atoms with Crippen molar-refractivity contribution in [3.63, 3.8) is 0 Å². The van der Waals surface area contributed by atoms with Gasteiger partial charge in [0.05, 0.1) is 0 Å². The number of hydrogen-bond donors (Lipinski definition) is 3. The van der Waals surface area contributed by atoms with Crippen LogP contribution in [-0.4, -0.2) is 22.7 Å². The fraction of sp³-hybridized carbons (Fsp3) is 0.300. The number of aliphatic carboxylic acids is 1. The quantitative estimate of drug-likeness (QED) is 0.653. The third kappa shape index (κ3) is 4.59. The van der Waals surface area contributed by atoms with Crippen LogP contribution in [0.15, 0.2) is 30.3 Å². The van der Waals surface area contributed by atoms with E-state index in [2.05, 4.69) is 0 Å². The highest BCUT2D eigenvalue weighted by Gasteiger charge is 2.14. The second-order valence-electron chi connectivity index (χ2n) is 2.56. The summed E-state index contributed by atoms with van der Waals surface area (Å²) in [5, 5.41) is 17.4. The molecule has 1 aromatic carbocycles. The highest BCUT2D eigenvalue weighted by atomic mass is 16.4. The monoisotopic (exact) mass is 197 g/mol. The van der Waals surface area contributed by atoms with Gasteiger partial charge < -0.3 is 15.9 Å². The Bertz CT molecular complexity index is 261. The van der Waals surface area contributed by atoms with E-state index in [1.54, 1.807) is 30.3 Å². The van der Waals surface area contributed by atoms with Gasteiger partial charge in [-0.25, -0.2) is 4.79 Å². The third-order valence-electron chi connectivity index (χ3n) is 1.35. The zero-order valence-corrected chi connectivity index (χ0v) is 8.05. The van der Waals surface area contributed by atoms with Gasteiger partial charge in [-0.1, -0.05) is 37.3 Å². The molecule has 14 heavy (non-hydrogen) atoms. The molecule has 4 nitrogen and oxygen atoms in total. The minimum absolute atomic E-state index is 0.403. The van der Waals surface area contributed by atoms with Crippen LogP contribution in [0.5, 0.6) is 0 Å². The predicted molar refractivity (Wildman–Crippen MR) is 53.8 cm³/mol. The first-order valence-corrected chi connectivity index (χ1v) is 4.29. The summed E-state index contributed by atoms with van der Waals surface area (Å²) in [4.78, 5) is 10.2. The number of nitrogens with two attached hydrogens (primary N) is 1. The van der Waals surface area contributed by atoms with E-state index in [-0.39, 0.29) is 0 Å². The van der Waals surface area contributed by atoms with Crippen LogP contribution in [0.3, 0.4) is 0 Å². The minimum atomic E-state index is -1.41. The van der Waals surface area contributed by atoms with Crippen LogP contribution < -0.4 is 5.73 Å². The summed E-state index contributed by atoms with van der Waals surface area (Å²) in [5.41, 5.74) is 5.25. The van der Waals surface area contributed by atoms with Gasteiger partial charge in [-0.3, -0.25) is 0 Å². The van der Waals surface area contributed by atoms with Gasteiger partial charge in [0.1, 0.15) is 0 Å². The molecular weight excluding hydrogens is 182 g/mol. The molecular formula is C10H15NO3. The molecule has 0 aliphatic rings. The van der Waals surface area contributed by atoms with Crippen molar-refractivity contribution in [1.82, 2.24) is 0 Å². The van der Waals surface area contributed by atoms with Crippen molar-refractivity contribution in [3.8, 4) is 0 Å². The summed E-state index contributed by atoms with van der Waals surface area (Å²) in [6.45, 7) is 2.65. The molecule has 0 bridgehead atoms. The maximum Gasteiger partial charge on any atom is 0.337 e. The van der Waals surface area contributed by atoms with Gasteiger partial charge in [0.25, 0.3) is 0 Å². The molecule has 0 fully saturated rings. The highest BCUT2D eigenvalue weighted by molar-refractivity contribution is 5.73. The summed E-state index contributed by atoms with van der Waals surface area (Å²) in [5.74, 6) is -1.23. The van der Waals surface area contributed by atoms with Gasteiger partial charge in [-0.05, 0) is 12.1 Å². The van der Waals surface area contributed by atoms with E-state index in [1.165, 1.54) is 0 Å². The molecule has 0 saturated carbocycles. The lowest BCUT2D eigenvalue weighted by atomic mass is 10.1. The zero-order valence-electron chi connectivity index (χ0n) is 8.05. The molecule has 78 valence electrons. The molecule has 0 unspecified atom stereocenters. The topological polar surface area (TPSA) is 83.6 Å². The lowest BCUT2D eigenvalue weighted by molar-refractivity contribution is -0.146. The van der Waals surface area contributed by atoms with Crippen LogP contribution in [0, 0.1) is 0 Å². The Kier molecular flexibility index (Phi) is 6.36. The van der Waals surface area contributed by atoms with Gasteiger partial charge in [0, 0.05) is 0 Å². The van der Waals surface area contributed by atoms with Crippen molar-refractivity contribution >= 4 is 5.97 Å². The Hall–Kier alpha value is -1.39. The molecule has 0 aromatic heterocycles.